The van der Waals surface area contributed by atoms with Crippen molar-refractivity contribution in [2.45, 2.75) is 0 Å². The highest BCUT2D eigenvalue weighted by atomic mass is 35.5. The molecule has 160 valence electrons. The maximum Gasteiger partial charge on any atom is 0.336 e. The van der Waals surface area contributed by atoms with Crippen LogP contribution < -0.4 is 19.8 Å². The molecule has 0 radical (unpaired) electrons. The summed E-state index contributed by atoms with van der Waals surface area (Å²) in [5.74, 6) is -1.17. The zero-order chi connectivity index (χ0) is 22.5. The van der Waals surface area contributed by atoms with Gasteiger partial charge in [0.1, 0.15) is 5.82 Å². The predicted molar refractivity (Wildman–Crippen MR) is 127 cm³/mol. The van der Waals surface area contributed by atoms with E-state index in [0.29, 0.717) is 22.1 Å². The standard InChI is InChI=1S/C22H20ClFN4O2S/c1-27(2)18-12-14(23)11-16(13-18)26-22(30)28(31)17-9-7-15(8-10-17)25-21(29)19-5-3-4-6-20(19)24/h3-13,31H,1-2H3,(H,25,29)(H,26,30). The minimum atomic E-state index is -0.603. The molecule has 9 heteroatoms. The van der Waals surface area contributed by atoms with Crippen LogP contribution in [0.4, 0.5) is 31.9 Å². The first-order valence-electron chi connectivity index (χ1n) is 9.18. The van der Waals surface area contributed by atoms with Crippen LogP contribution in [0.1, 0.15) is 10.4 Å². The van der Waals surface area contributed by atoms with E-state index in [1.807, 2.05) is 19.0 Å². The molecule has 0 aromatic heterocycles. The Morgan fingerprint density at radius 3 is 2.23 bits per heavy atom. The fourth-order valence-electron chi connectivity index (χ4n) is 2.73. The van der Waals surface area contributed by atoms with Gasteiger partial charge in [0, 0.05) is 36.2 Å². The number of nitrogens with zero attached hydrogens (tertiary/aromatic N) is 2. The lowest BCUT2D eigenvalue weighted by molar-refractivity contribution is 0.102. The van der Waals surface area contributed by atoms with Crippen LogP contribution in [-0.2, 0) is 0 Å². The third-order valence-electron chi connectivity index (χ3n) is 4.33. The first-order valence-corrected chi connectivity index (χ1v) is 9.96. The van der Waals surface area contributed by atoms with Gasteiger partial charge in [0.05, 0.1) is 11.3 Å². The van der Waals surface area contributed by atoms with Crippen molar-refractivity contribution in [2.24, 2.45) is 0 Å². The summed E-state index contributed by atoms with van der Waals surface area (Å²) < 4.78 is 14.9. The number of anilines is 4. The molecule has 6 nitrogen and oxygen atoms in total. The molecular weight excluding hydrogens is 439 g/mol. The Labute approximate surface area is 190 Å². The van der Waals surface area contributed by atoms with Crippen molar-refractivity contribution >= 4 is 59.1 Å². The minimum Gasteiger partial charge on any atom is -0.378 e. The van der Waals surface area contributed by atoms with Gasteiger partial charge in [-0.3, -0.25) is 4.79 Å². The quantitative estimate of drug-likeness (QED) is 0.431. The Balaban J connectivity index is 1.67. The van der Waals surface area contributed by atoms with Crippen molar-refractivity contribution in [3.05, 3.63) is 83.1 Å². The molecule has 0 fully saturated rings. The van der Waals surface area contributed by atoms with E-state index in [2.05, 4.69) is 23.4 Å². The maximum atomic E-state index is 13.7. The number of thiol groups is 1. The first kappa shape index (κ1) is 22.5. The van der Waals surface area contributed by atoms with Crippen LogP contribution in [0.5, 0.6) is 0 Å². The largest absolute Gasteiger partial charge is 0.378 e. The Hall–Kier alpha value is -3.23. The van der Waals surface area contributed by atoms with Crippen molar-refractivity contribution < 1.29 is 14.0 Å². The summed E-state index contributed by atoms with van der Waals surface area (Å²) in [5, 5.41) is 5.84. The lowest BCUT2D eigenvalue weighted by Gasteiger charge is -2.19. The third kappa shape index (κ3) is 5.68. The summed E-state index contributed by atoms with van der Waals surface area (Å²) in [6.07, 6.45) is 0. The maximum absolute atomic E-state index is 13.7. The Bertz CT molecular complexity index is 1110. The van der Waals surface area contributed by atoms with Gasteiger partial charge in [0.25, 0.3) is 5.91 Å². The Kier molecular flexibility index (Phi) is 7.04. The van der Waals surface area contributed by atoms with Crippen LogP contribution in [0.15, 0.2) is 66.7 Å². The van der Waals surface area contributed by atoms with Crippen molar-refractivity contribution in [2.75, 3.05) is 33.9 Å². The van der Waals surface area contributed by atoms with Gasteiger partial charge in [0.2, 0.25) is 0 Å². The second kappa shape index (κ2) is 9.72. The molecule has 0 aliphatic rings. The zero-order valence-corrected chi connectivity index (χ0v) is 18.4. The van der Waals surface area contributed by atoms with Gasteiger partial charge in [-0.2, -0.15) is 0 Å². The topological polar surface area (TPSA) is 64.7 Å². The van der Waals surface area contributed by atoms with Crippen LogP contribution in [-0.4, -0.2) is 26.0 Å². The molecule has 3 aromatic rings. The number of hydrogen-bond donors (Lipinski definition) is 3. The average molecular weight is 459 g/mol. The van der Waals surface area contributed by atoms with E-state index in [0.717, 1.165) is 9.99 Å². The van der Waals surface area contributed by atoms with E-state index in [4.69, 9.17) is 11.6 Å². The SMILES string of the molecule is CN(C)c1cc(Cl)cc(NC(=O)N(S)c2ccc(NC(=O)c3ccccc3F)cc2)c1. The van der Waals surface area contributed by atoms with Gasteiger partial charge in [-0.25, -0.2) is 13.5 Å². The van der Waals surface area contributed by atoms with Crippen LogP contribution in [0, 0.1) is 5.82 Å². The molecule has 0 aliphatic carbocycles. The number of benzene rings is 3. The summed E-state index contributed by atoms with van der Waals surface area (Å²) in [4.78, 5) is 26.6. The van der Waals surface area contributed by atoms with Gasteiger partial charge < -0.3 is 15.5 Å². The Morgan fingerprint density at radius 1 is 0.903 bits per heavy atom. The van der Waals surface area contributed by atoms with Gasteiger partial charge in [-0.05, 0) is 54.6 Å². The normalized spacial score (nSPS) is 10.4. The number of nitrogens with one attached hydrogen (secondary N) is 2. The number of carbonyl (C=O) groups is 2. The lowest BCUT2D eigenvalue weighted by Crippen LogP contribution is -2.26. The summed E-state index contributed by atoms with van der Waals surface area (Å²) in [6.45, 7) is 0. The summed E-state index contributed by atoms with van der Waals surface area (Å²) >= 11 is 10.4. The molecule has 0 bridgehead atoms. The van der Waals surface area contributed by atoms with Gasteiger partial charge >= 0.3 is 6.03 Å². The molecule has 0 atom stereocenters. The molecule has 0 heterocycles. The number of rotatable bonds is 5. The molecule has 0 aliphatic heterocycles. The molecule has 0 saturated heterocycles. The van der Waals surface area contributed by atoms with Gasteiger partial charge in [0.15, 0.2) is 0 Å². The first-order chi connectivity index (χ1) is 14.7. The highest BCUT2D eigenvalue weighted by Gasteiger charge is 2.15. The molecule has 31 heavy (non-hydrogen) atoms. The van der Waals surface area contributed by atoms with Gasteiger partial charge in [-0.1, -0.05) is 36.5 Å². The van der Waals surface area contributed by atoms with Crippen molar-refractivity contribution in [1.29, 1.82) is 0 Å². The van der Waals surface area contributed by atoms with Crippen LogP contribution in [0.3, 0.4) is 0 Å². The van der Waals surface area contributed by atoms with E-state index in [-0.39, 0.29) is 5.56 Å². The summed E-state index contributed by atoms with van der Waals surface area (Å²) in [7, 11) is 3.74. The van der Waals surface area contributed by atoms with Crippen LogP contribution in [0.2, 0.25) is 5.02 Å². The lowest BCUT2D eigenvalue weighted by atomic mass is 10.2. The van der Waals surface area contributed by atoms with E-state index >= 15 is 0 Å². The van der Waals surface area contributed by atoms with Crippen molar-refractivity contribution in [3.8, 4) is 0 Å². The summed E-state index contributed by atoms with van der Waals surface area (Å²) in [6, 6.07) is 16.8. The second-order valence-corrected chi connectivity index (χ2v) is 7.65. The molecule has 0 unspecified atom stereocenters. The molecular formula is C22H20ClFN4O2S. The minimum absolute atomic E-state index is 0.0552. The third-order valence-corrected chi connectivity index (χ3v) is 4.96. The monoisotopic (exact) mass is 458 g/mol. The number of urea groups is 1. The summed E-state index contributed by atoms with van der Waals surface area (Å²) in [5.41, 5.74) is 2.22. The van der Waals surface area contributed by atoms with Crippen LogP contribution in [0.25, 0.3) is 0 Å². The smallest absolute Gasteiger partial charge is 0.336 e. The average Bonchev–Trinajstić information content (AvgIpc) is 2.73. The number of carbonyl (C=O) groups excluding carboxylic acids is 2. The number of amides is 3. The van der Waals surface area contributed by atoms with E-state index in [9.17, 15) is 14.0 Å². The van der Waals surface area contributed by atoms with Gasteiger partial charge in [-0.15, -0.1) is 0 Å². The molecule has 3 aromatic carbocycles. The fourth-order valence-corrected chi connectivity index (χ4v) is 3.14. The molecule has 3 rings (SSSR count). The molecule has 2 N–H and O–H groups in total. The van der Waals surface area contributed by atoms with Crippen LogP contribution >= 0.6 is 24.4 Å². The highest BCUT2D eigenvalue weighted by molar-refractivity contribution is 7.82. The van der Waals surface area contributed by atoms with E-state index in [1.54, 1.807) is 48.5 Å². The molecule has 0 saturated carbocycles. The number of hydrogen-bond acceptors (Lipinski definition) is 4. The van der Waals surface area contributed by atoms with E-state index in [1.165, 1.54) is 18.2 Å². The molecule has 0 spiro atoms. The van der Waals surface area contributed by atoms with E-state index < -0.39 is 17.8 Å². The predicted octanol–water partition coefficient (Wildman–Crippen LogP) is 5.68. The second-order valence-electron chi connectivity index (χ2n) is 6.82. The zero-order valence-electron chi connectivity index (χ0n) is 16.8. The fraction of sp³-hybridized carbons (Fsp3) is 0.0909. The Morgan fingerprint density at radius 2 is 1.58 bits per heavy atom. The number of halogens is 2. The highest BCUT2D eigenvalue weighted by Crippen LogP contribution is 2.26. The van der Waals surface area contributed by atoms with Crippen molar-refractivity contribution in [1.82, 2.24) is 0 Å². The van der Waals surface area contributed by atoms with Crippen molar-refractivity contribution in [3.63, 3.8) is 0 Å². The molecule has 3 amide bonds.